The maximum Gasteiger partial charge on any atom is 0.417 e. The lowest BCUT2D eigenvalue weighted by atomic mass is 10.0. The fourth-order valence-electron chi connectivity index (χ4n) is 3.43. The molecule has 0 amide bonds. The SMILES string of the molecule is CCCCc1nc2c(C)c(Cl)cc(C(=O)O)c2n1-c1ccc(C(=O)O)c(C(F)(F)F)c1. The van der Waals surface area contributed by atoms with Gasteiger partial charge in [0.15, 0.2) is 0 Å². The van der Waals surface area contributed by atoms with Gasteiger partial charge < -0.3 is 10.2 Å². The number of fused-ring (bicyclic) bond motifs is 1. The highest BCUT2D eigenvalue weighted by Gasteiger charge is 2.36. The number of alkyl halides is 3. The predicted molar refractivity (Wildman–Crippen MR) is 108 cm³/mol. The number of imidazole rings is 1. The lowest BCUT2D eigenvalue weighted by molar-refractivity contribution is -0.138. The van der Waals surface area contributed by atoms with E-state index in [2.05, 4.69) is 4.98 Å². The fraction of sp³-hybridized carbons (Fsp3) is 0.286. The Hall–Kier alpha value is -3.07. The summed E-state index contributed by atoms with van der Waals surface area (Å²) in [5, 5.41) is 19.0. The van der Waals surface area contributed by atoms with Crippen molar-refractivity contribution in [2.45, 2.75) is 39.3 Å². The summed E-state index contributed by atoms with van der Waals surface area (Å²) in [5.41, 5.74) is -1.59. The zero-order chi connectivity index (χ0) is 23.1. The van der Waals surface area contributed by atoms with Crippen molar-refractivity contribution in [3.8, 4) is 5.69 Å². The number of aromatic nitrogens is 2. The van der Waals surface area contributed by atoms with E-state index in [9.17, 15) is 27.9 Å². The number of carboxylic acid groups (broad SMARTS) is 2. The van der Waals surface area contributed by atoms with Crippen LogP contribution in [0.3, 0.4) is 0 Å². The van der Waals surface area contributed by atoms with Crippen LogP contribution in [0.5, 0.6) is 0 Å². The number of benzene rings is 2. The third-order valence-electron chi connectivity index (χ3n) is 4.97. The Morgan fingerprint density at radius 1 is 1.13 bits per heavy atom. The third-order valence-corrected chi connectivity index (χ3v) is 5.36. The maximum absolute atomic E-state index is 13.6. The number of carboxylic acids is 2. The van der Waals surface area contributed by atoms with Crippen molar-refractivity contribution in [1.29, 1.82) is 0 Å². The van der Waals surface area contributed by atoms with Crippen LogP contribution in [0.2, 0.25) is 5.02 Å². The van der Waals surface area contributed by atoms with Crippen molar-refractivity contribution in [2.75, 3.05) is 0 Å². The molecule has 2 aromatic carbocycles. The monoisotopic (exact) mass is 454 g/mol. The summed E-state index contributed by atoms with van der Waals surface area (Å²) in [5.74, 6) is -2.66. The molecule has 0 spiro atoms. The second-order valence-corrected chi connectivity index (χ2v) is 7.44. The van der Waals surface area contributed by atoms with E-state index in [0.29, 0.717) is 30.3 Å². The number of aryl methyl sites for hydroxylation is 2. The topological polar surface area (TPSA) is 92.4 Å². The molecule has 3 aromatic rings. The molecule has 0 aliphatic rings. The Morgan fingerprint density at radius 2 is 1.77 bits per heavy atom. The highest BCUT2D eigenvalue weighted by Crippen LogP contribution is 2.36. The Labute approximate surface area is 179 Å². The van der Waals surface area contributed by atoms with Crippen LogP contribution in [0.15, 0.2) is 24.3 Å². The quantitative estimate of drug-likeness (QED) is 0.495. The van der Waals surface area contributed by atoms with Gasteiger partial charge in [0.05, 0.1) is 27.7 Å². The molecule has 0 saturated heterocycles. The van der Waals surface area contributed by atoms with E-state index < -0.39 is 29.2 Å². The van der Waals surface area contributed by atoms with Gasteiger partial charge >= 0.3 is 18.1 Å². The van der Waals surface area contributed by atoms with Crippen molar-refractivity contribution >= 4 is 34.6 Å². The Morgan fingerprint density at radius 3 is 2.32 bits per heavy atom. The fourth-order valence-corrected chi connectivity index (χ4v) is 3.63. The van der Waals surface area contributed by atoms with Gasteiger partial charge in [-0.05, 0) is 43.2 Å². The number of hydrogen-bond donors (Lipinski definition) is 2. The highest BCUT2D eigenvalue weighted by molar-refractivity contribution is 6.33. The average Bonchev–Trinajstić information content (AvgIpc) is 3.07. The minimum atomic E-state index is -4.92. The number of halogens is 4. The summed E-state index contributed by atoms with van der Waals surface area (Å²) in [6, 6.07) is 4.01. The molecule has 0 saturated carbocycles. The standard InChI is InChI=1S/C21H18ClF3N2O4/c1-3-4-5-16-26-17-10(2)15(22)9-13(20(30)31)18(17)27(16)11-6-7-12(19(28)29)14(8-11)21(23,24)25/h6-9H,3-5H2,1-2H3,(H,28,29)(H,30,31). The molecule has 0 bridgehead atoms. The number of carbonyl (C=O) groups is 2. The van der Waals surface area contributed by atoms with Crippen LogP contribution < -0.4 is 0 Å². The van der Waals surface area contributed by atoms with Gasteiger partial charge in [0, 0.05) is 17.1 Å². The van der Waals surface area contributed by atoms with Crippen molar-refractivity contribution in [3.05, 3.63) is 57.4 Å². The van der Waals surface area contributed by atoms with Crippen molar-refractivity contribution in [2.24, 2.45) is 0 Å². The Kier molecular flexibility index (Phi) is 6.00. The Balaban J connectivity index is 2.44. The van der Waals surface area contributed by atoms with Gasteiger partial charge in [0.2, 0.25) is 0 Å². The van der Waals surface area contributed by atoms with E-state index in [1.165, 1.54) is 16.7 Å². The molecule has 2 N–H and O–H groups in total. The van der Waals surface area contributed by atoms with Gasteiger partial charge in [-0.2, -0.15) is 13.2 Å². The van der Waals surface area contributed by atoms with Crippen LogP contribution in [-0.2, 0) is 12.6 Å². The summed E-state index contributed by atoms with van der Waals surface area (Å²) in [6.07, 6.45) is -3.10. The molecule has 0 aliphatic carbocycles. The van der Waals surface area contributed by atoms with Crippen LogP contribution in [0, 0.1) is 6.92 Å². The summed E-state index contributed by atoms with van der Waals surface area (Å²) in [6.45, 7) is 3.58. The van der Waals surface area contributed by atoms with Gasteiger partial charge in [0.25, 0.3) is 0 Å². The lowest BCUT2D eigenvalue weighted by Crippen LogP contribution is -2.14. The van der Waals surface area contributed by atoms with Crippen LogP contribution >= 0.6 is 11.6 Å². The molecule has 0 aliphatic heterocycles. The van der Waals surface area contributed by atoms with Crippen LogP contribution in [0.1, 0.15) is 57.4 Å². The first-order valence-corrected chi connectivity index (χ1v) is 9.73. The first-order valence-electron chi connectivity index (χ1n) is 9.36. The number of hydrogen-bond acceptors (Lipinski definition) is 3. The van der Waals surface area contributed by atoms with Crippen molar-refractivity contribution < 1.29 is 33.0 Å². The molecule has 0 unspecified atom stereocenters. The molecule has 1 heterocycles. The lowest BCUT2D eigenvalue weighted by Gasteiger charge is -2.16. The molecule has 0 atom stereocenters. The number of rotatable bonds is 6. The number of nitrogens with zero attached hydrogens (tertiary/aromatic N) is 2. The van der Waals surface area contributed by atoms with Crippen LogP contribution in [0.4, 0.5) is 13.2 Å². The minimum Gasteiger partial charge on any atom is -0.478 e. The van der Waals surface area contributed by atoms with E-state index in [0.717, 1.165) is 12.5 Å². The normalized spacial score (nSPS) is 11.8. The van der Waals surface area contributed by atoms with Gasteiger partial charge in [0.1, 0.15) is 5.82 Å². The number of unbranched alkanes of at least 4 members (excludes halogenated alkanes) is 1. The van der Waals surface area contributed by atoms with Gasteiger partial charge in [-0.3, -0.25) is 4.57 Å². The van der Waals surface area contributed by atoms with E-state index >= 15 is 0 Å². The maximum atomic E-state index is 13.6. The molecule has 31 heavy (non-hydrogen) atoms. The van der Waals surface area contributed by atoms with Crippen molar-refractivity contribution in [3.63, 3.8) is 0 Å². The zero-order valence-electron chi connectivity index (χ0n) is 16.5. The first kappa shape index (κ1) is 22.6. The molecule has 0 radical (unpaired) electrons. The number of aromatic carboxylic acids is 2. The summed E-state index contributed by atoms with van der Waals surface area (Å²) >= 11 is 6.16. The first-order chi connectivity index (χ1) is 14.5. The van der Waals surface area contributed by atoms with E-state index in [4.69, 9.17) is 16.7 Å². The third kappa shape index (κ3) is 4.10. The Bertz CT molecular complexity index is 1200. The van der Waals surface area contributed by atoms with Crippen molar-refractivity contribution in [1.82, 2.24) is 9.55 Å². The smallest absolute Gasteiger partial charge is 0.417 e. The molecular formula is C21H18ClF3N2O4. The molecule has 1 aromatic heterocycles. The molecule has 164 valence electrons. The summed E-state index contributed by atoms with van der Waals surface area (Å²) in [7, 11) is 0. The highest BCUT2D eigenvalue weighted by atomic mass is 35.5. The van der Waals surface area contributed by atoms with Gasteiger partial charge in [-0.1, -0.05) is 24.9 Å². The van der Waals surface area contributed by atoms with Gasteiger partial charge in [-0.25, -0.2) is 14.6 Å². The summed E-state index contributed by atoms with van der Waals surface area (Å²) in [4.78, 5) is 27.7. The molecule has 3 rings (SSSR count). The van der Waals surface area contributed by atoms with Crippen LogP contribution in [-0.4, -0.2) is 31.7 Å². The largest absolute Gasteiger partial charge is 0.478 e. The van der Waals surface area contributed by atoms with E-state index in [1.807, 2.05) is 6.92 Å². The van der Waals surface area contributed by atoms with Crippen LogP contribution in [0.25, 0.3) is 16.7 Å². The van der Waals surface area contributed by atoms with Gasteiger partial charge in [-0.15, -0.1) is 0 Å². The molecule has 6 nitrogen and oxygen atoms in total. The summed E-state index contributed by atoms with van der Waals surface area (Å²) < 4.78 is 42.1. The second kappa shape index (κ2) is 8.22. The average molecular weight is 455 g/mol. The van der Waals surface area contributed by atoms with E-state index in [-0.39, 0.29) is 27.3 Å². The molecular weight excluding hydrogens is 437 g/mol. The minimum absolute atomic E-state index is 0.0323. The second-order valence-electron chi connectivity index (χ2n) is 7.03. The molecule has 10 heteroatoms. The van der Waals surface area contributed by atoms with E-state index in [1.54, 1.807) is 6.92 Å². The predicted octanol–water partition coefficient (Wildman–Crippen LogP) is 5.75. The zero-order valence-corrected chi connectivity index (χ0v) is 17.3. The molecule has 0 fully saturated rings.